The van der Waals surface area contributed by atoms with Crippen LogP contribution in [0.5, 0.6) is 5.75 Å². The Morgan fingerprint density at radius 3 is 2.50 bits per heavy atom. The molecule has 0 saturated heterocycles. The van der Waals surface area contributed by atoms with Crippen LogP contribution in [-0.2, 0) is 4.74 Å². The van der Waals surface area contributed by atoms with Gasteiger partial charge in [-0.2, -0.15) is 5.26 Å². The van der Waals surface area contributed by atoms with E-state index in [1.54, 1.807) is 7.11 Å². The first-order valence-corrected chi connectivity index (χ1v) is 10.7. The Morgan fingerprint density at radius 2 is 1.90 bits per heavy atom. The number of benzene rings is 2. The van der Waals surface area contributed by atoms with Crippen molar-refractivity contribution in [2.75, 3.05) is 25.6 Å². The summed E-state index contributed by atoms with van der Waals surface area (Å²) in [6.07, 6.45) is 3.51. The highest BCUT2D eigenvalue weighted by atomic mass is 16.5. The van der Waals surface area contributed by atoms with Crippen LogP contribution in [0.2, 0.25) is 0 Å². The van der Waals surface area contributed by atoms with Crippen LogP contribution in [-0.4, -0.2) is 30.9 Å². The minimum atomic E-state index is 0.378. The van der Waals surface area contributed by atoms with Gasteiger partial charge in [0.1, 0.15) is 18.4 Å². The lowest BCUT2D eigenvalue weighted by Gasteiger charge is -2.30. The lowest BCUT2D eigenvalue weighted by atomic mass is 9.92. The fourth-order valence-electron chi connectivity index (χ4n) is 4.10. The maximum Gasteiger partial charge on any atom is 0.121 e. The monoisotopic (exact) mass is 403 g/mol. The second-order valence-corrected chi connectivity index (χ2v) is 8.19. The van der Waals surface area contributed by atoms with Gasteiger partial charge in [0, 0.05) is 36.3 Å². The first kappa shape index (κ1) is 20.3. The number of anilines is 1. The molecule has 5 heteroatoms. The van der Waals surface area contributed by atoms with E-state index in [2.05, 4.69) is 60.1 Å². The molecule has 1 heterocycles. The van der Waals surface area contributed by atoms with Gasteiger partial charge in [0.15, 0.2) is 0 Å². The van der Waals surface area contributed by atoms with Crippen molar-refractivity contribution in [3.8, 4) is 23.1 Å². The van der Waals surface area contributed by atoms with Gasteiger partial charge in [-0.3, -0.25) is 0 Å². The highest BCUT2D eigenvalue weighted by Gasteiger charge is 2.28. The van der Waals surface area contributed by atoms with E-state index >= 15 is 0 Å². The molecule has 1 saturated carbocycles. The van der Waals surface area contributed by atoms with Crippen molar-refractivity contribution in [3.05, 3.63) is 48.0 Å². The molecule has 0 spiro atoms. The summed E-state index contributed by atoms with van der Waals surface area (Å²) >= 11 is 0. The lowest BCUT2D eigenvalue weighted by Crippen LogP contribution is -2.18. The van der Waals surface area contributed by atoms with E-state index < -0.39 is 0 Å². The van der Waals surface area contributed by atoms with Crippen molar-refractivity contribution in [3.63, 3.8) is 0 Å². The summed E-state index contributed by atoms with van der Waals surface area (Å²) in [6.45, 7) is 5.31. The van der Waals surface area contributed by atoms with Crippen molar-refractivity contribution < 1.29 is 9.47 Å². The van der Waals surface area contributed by atoms with Crippen LogP contribution in [0, 0.1) is 11.3 Å². The van der Waals surface area contributed by atoms with Crippen LogP contribution in [0.3, 0.4) is 0 Å². The standard InChI is InChI=1S/C25H29N3O2/c1-17(2)27-19-9-7-18(8-10-19)25-23(16-26)22-12-11-21(30-14-13-29-3)15-24(22)28(25)20-5-4-6-20/h7-12,15,17,20,27H,4-6,13-14H2,1-3H3. The summed E-state index contributed by atoms with van der Waals surface area (Å²) in [7, 11) is 1.67. The molecule has 1 aliphatic rings. The smallest absolute Gasteiger partial charge is 0.121 e. The number of nitriles is 1. The minimum absolute atomic E-state index is 0.378. The molecule has 30 heavy (non-hydrogen) atoms. The molecule has 0 atom stereocenters. The minimum Gasteiger partial charge on any atom is -0.491 e. The van der Waals surface area contributed by atoms with E-state index in [9.17, 15) is 5.26 Å². The fourth-order valence-corrected chi connectivity index (χ4v) is 4.10. The predicted molar refractivity (Wildman–Crippen MR) is 121 cm³/mol. The number of rotatable bonds is 8. The molecule has 5 nitrogen and oxygen atoms in total. The number of fused-ring (bicyclic) bond motifs is 1. The molecule has 1 aliphatic carbocycles. The van der Waals surface area contributed by atoms with Crippen LogP contribution < -0.4 is 10.1 Å². The summed E-state index contributed by atoms with van der Waals surface area (Å²) in [6, 6.07) is 17.7. The molecule has 0 unspecified atom stereocenters. The van der Waals surface area contributed by atoms with Crippen LogP contribution in [0.25, 0.3) is 22.2 Å². The van der Waals surface area contributed by atoms with E-state index in [0.717, 1.165) is 52.0 Å². The molecular formula is C25H29N3O2. The number of hydrogen-bond acceptors (Lipinski definition) is 4. The van der Waals surface area contributed by atoms with Crippen molar-refractivity contribution in [1.82, 2.24) is 4.57 Å². The maximum atomic E-state index is 10.1. The van der Waals surface area contributed by atoms with Crippen LogP contribution in [0.15, 0.2) is 42.5 Å². The van der Waals surface area contributed by atoms with Gasteiger partial charge < -0.3 is 19.4 Å². The van der Waals surface area contributed by atoms with Crippen molar-refractivity contribution in [1.29, 1.82) is 5.26 Å². The van der Waals surface area contributed by atoms with Gasteiger partial charge in [-0.05, 0) is 62.9 Å². The molecule has 0 amide bonds. The Bertz CT molecular complexity index is 1060. The van der Waals surface area contributed by atoms with Gasteiger partial charge >= 0.3 is 0 Å². The third kappa shape index (κ3) is 3.88. The average Bonchev–Trinajstić information content (AvgIpc) is 3.00. The molecule has 1 N–H and O–H groups in total. The Labute approximate surface area is 178 Å². The molecule has 2 aromatic carbocycles. The summed E-state index contributed by atoms with van der Waals surface area (Å²) in [5.41, 5.74) is 5.00. The summed E-state index contributed by atoms with van der Waals surface area (Å²) in [5.74, 6) is 0.810. The van der Waals surface area contributed by atoms with E-state index in [-0.39, 0.29) is 0 Å². The molecule has 3 aromatic rings. The highest BCUT2D eigenvalue weighted by molar-refractivity contribution is 5.95. The summed E-state index contributed by atoms with van der Waals surface area (Å²) in [5, 5.41) is 14.5. The first-order chi connectivity index (χ1) is 14.6. The summed E-state index contributed by atoms with van der Waals surface area (Å²) in [4.78, 5) is 0. The number of methoxy groups -OCH3 is 1. The third-order valence-electron chi connectivity index (χ3n) is 5.70. The first-order valence-electron chi connectivity index (χ1n) is 10.7. The van der Waals surface area contributed by atoms with Gasteiger partial charge in [-0.25, -0.2) is 0 Å². The Balaban J connectivity index is 1.82. The fraction of sp³-hybridized carbons (Fsp3) is 0.400. The number of aromatic nitrogens is 1. The molecular weight excluding hydrogens is 374 g/mol. The Hall–Kier alpha value is -2.97. The molecule has 0 radical (unpaired) electrons. The van der Waals surface area contributed by atoms with Crippen LogP contribution in [0.4, 0.5) is 5.69 Å². The second-order valence-electron chi connectivity index (χ2n) is 8.19. The van der Waals surface area contributed by atoms with E-state index in [0.29, 0.717) is 25.3 Å². The second kappa shape index (κ2) is 8.81. The SMILES string of the molecule is COCCOc1ccc2c(C#N)c(-c3ccc(NC(C)C)cc3)n(C3CCC3)c2c1. The van der Waals surface area contributed by atoms with Crippen molar-refractivity contribution >= 4 is 16.6 Å². The molecule has 1 fully saturated rings. The van der Waals surface area contributed by atoms with Gasteiger partial charge in [0.25, 0.3) is 0 Å². The van der Waals surface area contributed by atoms with Gasteiger partial charge in [-0.1, -0.05) is 12.1 Å². The zero-order valence-corrected chi connectivity index (χ0v) is 17.9. The predicted octanol–water partition coefficient (Wildman–Crippen LogP) is 5.75. The average molecular weight is 404 g/mol. The summed E-state index contributed by atoms with van der Waals surface area (Å²) < 4.78 is 13.3. The molecule has 156 valence electrons. The van der Waals surface area contributed by atoms with E-state index in [1.807, 2.05) is 12.1 Å². The quantitative estimate of drug-likeness (QED) is 0.487. The van der Waals surface area contributed by atoms with Crippen molar-refractivity contribution in [2.45, 2.75) is 45.2 Å². The molecule has 4 rings (SSSR count). The lowest BCUT2D eigenvalue weighted by molar-refractivity contribution is 0.146. The normalized spacial score (nSPS) is 14.0. The molecule has 0 aliphatic heterocycles. The van der Waals surface area contributed by atoms with Gasteiger partial charge in [-0.15, -0.1) is 0 Å². The van der Waals surface area contributed by atoms with Gasteiger partial charge in [0.2, 0.25) is 0 Å². The third-order valence-corrected chi connectivity index (χ3v) is 5.70. The molecule has 1 aromatic heterocycles. The zero-order chi connectivity index (χ0) is 21.1. The van der Waals surface area contributed by atoms with E-state index in [1.165, 1.54) is 6.42 Å². The maximum absolute atomic E-state index is 10.1. The van der Waals surface area contributed by atoms with Gasteiger partial charge in [0.05, 0.1) is 23.4 Å². The molecule has 0 bridgehead atoms. The van der Waals surface area contributed by atoms with Crippen molar-refractivity contribution in [2.24, 2.45) is 0 Å². The van der Waals surface area contributed by atoms with Crippen LogP contribution >= 0.6 is 0 Å². The largest absolute Gasteiger partial charge is 0.491 e. The topological polar surface area (TPSA) is 59.2 Å². The van der Waals surface area contributed by atoms with Crippen LogP contribution in [0.1, 0.15) is 44.7 Å². The Morgan fingerprint density at radius 1 is 1.13 bits per heavy atom. The number of nitrogens with zero attached hydrogens (tertiary/aromatic N) is 2. The number of ether oxygens (including phenoxy) is 2. The Kier molecular flexibility index (Phi) is 5.96. The van der Waals surface area contributed by atoms with E-state index in [4.69, 9.17) is 9.47 Å². The highest BCUT2D eigenvalue weighted by Crippen LogP contribution is 2.43. The number of nitrogens with one attached hydrogen (secondary N) is 1. The zero-order valence-electron chi connectivity index (χ0n) is 17.9. The number of hydrogen-bond donors (Lipinski definition) is 1.